The molecule has 0 saturated carbocycles. The first kappa shape index (κ1) is 19.1. The van der Waals surface area contributed by atoms with Crippen LogP contribution in [0.25, 0.3) is 10.9 Å². The van der Waals surface area contributed by atoms with Gasteiger partial charge < -0.3 is 9.72 Å². The van der Waals surface area contributed by atoms with Gasteiger partial charge in [0.05, 0.1) is 12.9 Å². The Bertz CT molecular complexity index is 1120. The number of rotatable bonds is 7. The molecule has 0 radical (unpaired) electrons. The molecule has 0 aliphatic carbocycles. The molecule has 1 heterocycles. The van der Waals surface area contributed by atoms with Gasteiger partial charge in [-0.2, -0.15) is 0 Å². The smallest absolute Gasteiger partial charge is 0.251 e. The van der Waals surface area contributed by atoms with E-state index < -0.39 is 10.0 Å². The third kappa shape index (κ3) is 4.75. The zero-order valence-corrected chi connectivity index (χ0v) is 16.1. The summed E-state index contributed by atoms with van der Waals surface area (Å²) in [5.41, 5.74) is 2.72. The third-order valence-electron chi connectivity index (χ3n) is 4.45. The number of hydrogen-bond donors (Lipinski definition) is 2. The number of hydrogen-bond acceptors (Lipinski definition) is 4. The van der Waals surface area contributed by atoms with Gasteiger partial charge in [-0.25, -0.2) is 13.1 Å². The lowest BCUT2D eigenvalue weighted by atomic mass is 10.1. The summed E-state index contributed by atoms with van der Waals surface area (Å²) in [7, 11) is -1.90. The zero-order valence-electron chi connectivity index (χ0n) is 15.3. The standard InChI is InChI=1S/C20H22N2O4S/c1-14-5-3-4-6-16(14)13-27(24,25)21-10-9-15-11-17-12-18(26-2)7-8-19(17)22-20(15)23/h3-8,11-12,21H,9-10,13H2,1-2H3,(H,22,23). The number of aromatic amines is 1. The summed E-state index contributed by atoms with van der Waals surface area (Å²) < 4.78 is 32.4. The van der Waals surface area contributed by atoms with Crippen LogP contribution in [0.3, 0.4) is 0 Å². The molecule has 0 saturated heterocycles. The monoisotopic (exact) mass is 386 g/mol. The van der Waals surface area contributed by atoms with Crippen LogP contribution in [0.5, 0.6) is 5.75 Å². The van der Waals surface area contributed by atoms with Gasteiger partial charge in [0.15, 0.2) is 0 Å². The molecule has 142 valence electrons. The number of nitrogens with one attached hydrogen (secondary N) is 2. The first-order valence-corrected chi connectivity index (χ1v) is 10.2. The number of H-pyrrole nitrogens is 1. The highest BCUT2D eigenvalue weighted by Gasteiger charge is 2.13. The highest BCUT2D eigenvalue weighted by atomic mass is 32.2. The van der Waals surface area contributed by atoms with Crippen LogP contribution in [0.2, 0.25) is 0 Å². The maximum absolute atomic E-state index is 12.3. The number of ether oxygens (including phenoxy) is 1. The Labute approximate surface area is 158 Å². The van der Waals surface area contributed by atoms with E-state index in [1.165, 1.54) is 0 Å². The summed E-state index contributed by atoms with van der Waals surface area (Å²) in [4.78, 5) is 15.0. The molecule has 0 aliphatic heterocycles. The van der Waals surface area contributed by atoms with Crippen molar-refractivity contribution in [3.63, 3.8) is 0 Å². The van der Waals surface area contributed by atoms with Crippen molar-refractivity contribution in [3.05, 3.63) is 75.6 Å². The predicted octanol–water partition coefficient (Wildman–Crippen LogP) is 2.51. The second-order valence-electron chi connectivity index (χ2n) is 6.41. The van der Waals surface area contributed by atoms with E-state index >= 15 is 0 Å². The van der Waals surface area contributed by atoms with Gasteiger partial charge in [0.1, 0.15) is 5.75 Å². The van der Waals surface area contributed by atoms with Crippen molar-refractivity contribution in [2.75, 3.05) is 13.7 Å². The fourth-order valence-electron chi connectivity index (χ4n) is 2.91. The van der Waals surface area contributed by atoms with Gasteiger partial charge in [0, 0.05) is 23.0 Å². The Kier molecular flexibility index (Phi) is 5.62. The van der Waals surface area contributed by atoms with E-state index in [9.17, 15) is 13.2 Å². The summed E-state index contributed by atoms with van der Waals surface area (Å²) in [6, 6.07) is 14.5. The molecule has 0 bridgehead atoms. The number of benzene rings is 2. The van der Waals surface area contributed by atoms with Crippen molar-refractivity contribution in [1.82, 2.24) is 9.71 Å². The van der Waals surface area contributed by atoms with Gasteiger partial charge in [-0.3, -0.25) is 4.79 Å². The van der Waals surface area contributed by atoms with Gasteiger partial charge in [0.25, 0.3) is 5.56 Å². The molecular weight excluding hydrogens is 364 g/mol. The number of pyridine rings is 1. The number of methoxy groups -OCH3 is 1. The summed E-state index contributed by atoms with van der Waals surface area (Å²) >= 11 is 0. The molecule has 0 spiro atoms. The lowest BCUT2D eigenvalue weighted by Crippen LogP contribution is -2.29. The number of sulfonamides is 1. The Morgan fingerprint density at radius 1 is 1.07 bits per heavy atom. The second-order valence-corrected chi connectivity index (χ2v) is 8.21. The quantitative estimate of drug-likeness (QED) is 0.653. The molecule has 27 heavy (non-hydrogen) atoms. The summed E-state index contributed by atoms with van der Waals surface area (Å²) in [5, 5.41) is 0.840. The molecule has 6 nitrogen and oxygen atoms in total. The first-order valence-electron chi connectivity index (χ1n) is 8.60. The Hall–Kier alpha value is -2.64. The van der Waals surface area contributed by atoms with Crippen LogP contribution in [-0.2, 0) is 22.2 Å². The maximum atomic E-state index is 12.3. The topological polar surface area (TPSA) is 88.3 Å². The highest BCUT2D eigenvalue weighted by Crippen LogP contribution is 2.19. The molecule has 0 fully saturated rings. The molecule has 1 aromatic heterocycles. The van der Waals surface area contributed by atoms with E-state index in [0.717, 1.165) is 16.5 Å². The van der Waals surface area contributed by atoms with Crippen LogP contribution in [0, 0.1) is 6.92 Å². The van der Waals surface area contributed by atoms with Crippen molar-refractivity contribution < 1.29 is 13.2 Å². The van der Waals surface area contributed by atoms with Gasteiger partial charge in [-0.1, -0.05) is 24.3 Å². The maximum Gasteiger partial charge on any atom is 0.251 e. The van der Waals surface area contributed by atoms with Crippen LogP contribution in [-0.4, -0.2) is 27.1 Å². The third-order valence-corrected chi connectivity index (χ3v) is 5.79. The molecule has 2 aromatic carbocycles. The molecule has 0 unspecified atom stereocenters. The SMILES string of the molecule is COc1ccc2[nH]c(=O)c(CCNS(=O)(=O)Cc3ccccc3C)cc2c1. The van der Waals surface area contributed by atoms with Crippen molar-refractivity contribution >= 4 is 20.9 Å². The van der Waals surface area contributed by atoms with E-state index in [1.54, 1.807) is 31.4 Å². The second kappa shape index (κ2) is 7.94. The zero-order chi connectivity index (χ0) is 19.4. The number of aryl methyl sites for hydroxylation is 1. The lowest BCUT2D eigenvalue weighted by Gasteiger charge is -2.09. The van der Waals surface area contributed by atoms with E-state index in [4.69, 9.17) is 4.74 Å². The van der Waals surface area contributed by atoms with Gasteiger partial charge >= 0.3 is 0 Å². The number of fused-ring (bicyclic) bond motifs is 1. The Morgan fingerprint density at radius 3 is 2.59 bits per heavy atom. The minimum atomic E-state index is -3.48. The van der Waals surface area contributed by atoms with Crippen LogP contribution in [0.4, 0.5) is 0 Å². The average molecular weight is 386 g/mol. The van der Waals surface area contributed by atoms with Crippen LogP contribution in [0.15, 0.2) is 53.3 Å². The fraction of sp³-hybridized carbons (Fsp3) is 0.250. The van der Waals surface area contributed by atoms with Crippen molar-refractivity contribution in [1.29, 1.82) is 0 Å². The van der Waals surface area contributed by atoms with Crippen molar-refractivity contribution in [2.24, 2.45) is 0 Å². The molecule has 3 rings (SSSR count). The van der Waals surface area contributed by atoms with Crippen molar-refractivity contribution in [2.45, 2.75) is 19.1 Å². The lowest BCUT2D eigenvalue weighted by molar-refractivity contribution is 0.415. The summed E-state index contributed by atoms with van der Waals surface area (Å²) in [5.74, 6) is 0.615. The first-order chi connectivity index (χ1) is 12.9. The van der Waals surface area contributed by atoms with Gasteiger partial charge in [-0.05, 0) is 48.7 Å². The Balaban J connectivity index is 1.70. The van der Waals surface area contributed by atoms with Crippen LogP contribution < -0.4 is 15.0 Å². The van der Waals surface area contributed by atoms with E-state index in [2.05, 4.69) is 9.71 Å². The predicted molar refractivity (Wildman–Crippen MR) is 107 cm³/mol. The molecule has 7 heteroatoms. The van der Waals surface area contributed by atoms with E-state index in [0.29, 0.717) is 23.3 Å². The molecule has 0 amide bonds. The van der Waals surface area contributed by atoms with Gasteiger partial charge in [0.2, 0.25) is 10.0 Å². The number of aromatic nitrogens is 1. The van der Waals surface area contributed by atoms with Crippen molar-refractivity contribution in [3.8, 4) is 5.75 Å². The van der Waals surface area contributed by atoms with Crippen LogP contribution in [0.1, 0.15) is 16.7 Å². The molecule has 0 atom stereocenters. The molecule has 2 N–H and O–H groups in total. The van der Waals surface area contributed by atoms with E-state index in [1.807, 2.05) is 31.2 Å². The fourth-order valence-corrected chi connectivity index (χ4v) is 4.16. The summed E-state index contributed by atoms with van der Waals surface area (Å²) in [6.45, 7) is 2.04. The normalized spacial score (nSPS) is 11.6. The highest BCUT2D eigenvalue weighted by molar-refractivity contribution is 7.88. The average Bonchev–Trinajstić information content (AvgIpc) is 2.63. The summed E-state index contributed by atoms with van der Waals surface area (Å²) in [6.07, 6.45) is 0.301. The minimum Gasteiger partial charge on any atom is -0.497 e. The molecule has 0 aliphatic rings. The molecule has 3 aromatic rings. The van der Waals surface area contributed by atoms with E-state index in [-0.39, 0.29) is 17.9 Å². The molecular formula is C20H22N2O4S. The van der Waals surface area contributed by atoms with Crippen LogP contribution >= 0.6 is 0 Å². The van der Waals surface area contributed by atoms with Gasteiger partial charge in [-0.15, -0.1) is 0 Å². The largest absolute Gasteiger partial charge is 0.497 e. The Morgan fingerprint density at radius 2 is 1.85 bits per heavy atom. The minimum absolute atomic E-state index is 0.0784.